The predicted octanol–water partition coefficient (Wildman–Crippen LogP) is 3.50. The number of aromatic nitrogens is 1. The summed E-state index contributed by atoms with van der Waals surface area (Å²) >= 11 is 0. The van der Waals surface area contributed by atoms with Gasteiger partial charge in [-0.15, -0.1) is 0 Å². The molecule has 7 nitrogen and oxygen atoms in total. The van der Waals surface area contributed by atoms with Gasteiger partial charge in [-0.3, -0.25) is 14.5 Å². The summed E-state index contributed by atoms with van der Waals surface area (Å²) in [7, 11) is -4.02. The second-order valence-corrected chi connectivity index (χ2v) is 8.75. The topological polar surface area (TPSA) is 108 Å². The van der Waals surface area contributed by atoms with Crippen LogP contribution in [0.1, 0.15) is 22.0 Å². The van der Waals surface area contributed by atoms with E-state index in [2.05, 4.69) is 15.0 Å². The molecule has 8 heteroatoms. The molecule has 4 aromatic rings. The average Bonchev–Trinajstić information content (AvgIpc) is 2.82. The minimum atomic E-state index is -4.02. The highest BCUT2D eigenvalue weighted by molar-refractivity contribution is 7.93. The minimum absolute atomic E-state index is 0.0170. The Morgan fingerprint density at radius 3 is 2.41 bits per heavy atom. The first-order chi connectivity index (χ1) is 15.5. The minimum Gasteiger partial charge on any atom is -0.394 e. The molecule has 0 fully saturated rings. The number of nitrogens with zero attached hydrogens (tertiary/aromatic N) is 1. The second-order valence-electron chi connectivity index (χ2n) is 7.10. The summed E-state index contributed by atoms with van der Waals surface area (Å²) in [5, 5.41) is 13.2. The third-order valence-electron chi connectivity index (χ3n) is 4.99. The number of rotatable bonds is 7. The average molecular weight is 448 g/mol. The Hall–Kier alpha value is -3.75. The van der Waals surface area contributed by atoms with Crippen LogP contribution in [-0.4, -0.2) is 31.0 Å². The first-order valence-electron chi connectivity index (χ1n) is 9.92. The van der Waals surface area contributed by atoms with Gasteiger partial charge in [0.05, 0.1) is 29.4 Å². The van der Waals surface area contributed by atoms with Crippen LogP contribution >= 0.6 is 0 Å². The Morgan fingerprint density at radius 1 is 0.906 bits per heavy atom. The van der Waals surface area contributed by atoms with Crippen molar-refractivity contribution in [3.63, 3.8) is 0 Å². The van der Waals surface area contributed by atoms with Crippen molar-refractivity contribution in [2.45, 2.75) is 10.9 Å². The number of para-hydroxylation sites is 2. The lowest BCUT2D eigenvalue weighted by atomic mass is 10.1. The van der Waals surface area contributed by atoms with Crippen molar-refractivity contribution in [1.29, 1.82) is 0 Å². The molecule has 4 rings (SSSR count). The van der Waals surface area contributed by atoms with E-state index in [9.17, 15) is 18.3 Å². The number of carbonyl (C=O) groups is 1. The van der Waals surface area contributed by atoms with Gasteiger partial charge in [0.15, 0.2) is 0 Å². The number of benzene rings is 3. The number of amides is 1. The summed E-state index contributed by atoms with van der Waals surface area (Å²) in [5.41, 5.74) is 1.35. The summed E-state index contributed by atoms with van der Waals surface area (Å²) in [6, 6.07) is 23.1. The first-order valence-corrected chi connectivity index (χ1v) is 11.4. The van der Waals surface area contributed by atoms with Crippen molar-refractivity contribution in [1.82, 2.24) is 10.3 Å². The molecular formula is C24H21N3O4S. The van der Waals surface area contributed by atoms with Crippen molar-refractivity contribution in [3.8, 4) is 0 Å². The van der Waals surface area contributed by atoms with E-state index in [1.165, 1.54) is 24.4 Å². The molecule has 0 radical (unpaired) electrons. The lowest BCUT2D eigenvalue weighted by Gasteiger charge is -2.18. The van der Waals surface area contributed by atoms with Crippen molar-refractivity contribution in [3.05, 3.63) is 102 Å². The Kier molecular flexibility index (Phi) is 6.16. The van der Waals surface area contributed by atoms with Crippen molar-refractivity contribution < 1.29 is 18.3 Å². The van der Waals surface area contributed by atoms with Crippen LogP contribution < -0.4 is 10.0 Å². The summed E-state index contributed by atoms with van der Waals surface area (Å²) in [5.74, 6) is -0.512. The Bertz CT molecular complexity index is 1350. The highest BCUT2D eigenvalue weighted by atomic mass is 32.2. The standard InChI is InChI=1S/C24H21N3O4S/c28-16-21(17-8-2-1-3-9-17)26-24(29)19-12-4-5-13-20(19)27-32(30,31)22-14-6-10-18-11-7-15-25-23(18)22/h1-15,21,27-28H,16H2,(H,26,29). The van der Waals surface area contributed by atoms with Gasteiger partial charge in [0.1, 0.15) is 4.90 Å². The number of fused-ring (bicyclic) bond motifs is 1. The summed E-state index contributed by atoms with van der Waals surface area (Å²) in [6.45, 7) is -0.300. The molecule has 0 saturated heterocycles. The quantitative estimate of drug-likeness (QED) is 0.402. The zero-order valence-electron chi connectivity index (χ0n) is 17.0. The van der Waals surface area contributed by atoms with E-state index in [1.807, 2.05) is 18.2 Å². The predicted molar refractivity (Wildman–Crippen MR) is 123 cm³/mol. The van der Waals surface area contributed by atoms with Crippen LogP contribution in [0.2, 0.25) is 0 Å². The maximum Gasteiger partial charge on any atom is 0.264 e. The number of hydrogen-bond donors (Lipinski definition) is 3. The molecule has 1 aromatic heterocycles. The molecule has 0 aliphatic carbocycles. The van der Waals surface area contributed by atoms with Crippen molar-refractivity contribution >= 4 is 32.5 Å². The normalized spacial score (nSPS) is 12.3. The Labute approximate surface area is 185 Å². The SMILES string of the molecule is O=C(NC(CO)c1ccccc1)c1ccccc1NS(=O)(=O)c1cccc2cccnc12. The largest absolute Gasteiger partial charge is 0.394 e. The monoisotopic (exact) mass is 447 g/mol. The number of carbonyl (C=O) groups excluding carboxylic acids is 1. The molecule has 1 unspecified atom stereocenters. The van der Waals surface area contributed by atoms with E-state index >= 15 is 0 Å². The molecule has 1 atom stereocenters. The van der Waals surface area contributed by atoms with Gasteiger partial charge < -0.3 is 10.4 Å². The second kappa shape index (κ2) is 9.17. The number of nitrogens with one attached hydrogen (secondary N) is 2. The maximum absolute atomic E-state index is 13.2. The van der Waals surface area contributed by atoms with Gasteiger partial charge >= 0.3 is 0 Å². The van der Waals surface area contributed by atoms with Crippen LogP contribution in [0, 0.1) is 0 Å². The molecule has 1 amide bonds. The van der Waals surface area contributed by atoms with Crippen LogP contribution in [0.5, 0.6) is 0 Å². The van der Waals surface area contributed by atoms with Gasteiger partial charge in [0.2, 0.25) is 0 Å². The molecule has 0 bridgehead atoms. The zero-order valence-corrected chi connectivity index (χ0v) is 17.8. The van der Waals surface area contributed by atoms with E-state index in [0.717, 1.165) is 5.56 Å². The van der Waals surface area contributed by atoms with Crippen LogP contribution in [0.3, 0.4) is 0 Å². The van der Waals surface area contributed by atoms with Crippen LogP contribution in [0.25, 0.3) is 10.9 Å². The van der Waals surface area contributed by atoms with Gasteiger partial charge in [0, 0.05) is 11.6 Å². The third-order valence-corrected chi connectivity index (χ3v) is 6.39. The zero-order chi connectivity index (χ0) is 22.6. The molecule has 3 aromatic carbocycles. The van der Waals surface area contributed by atoms with Gasteiger partial charge in [-0.05, 0) is 29.8 Å². The van der Waals surface area contributed by atoms with E-state index < -0.39 is 22.0 Å². The van der Waals surface area contributed by atoms with E-state index in [4.69, 9.17) is 0 Å². The molecule has 0 aliphatic rings. The van der Waals surface area contributed by atoms with E-state index in [1.54, 1.807) is 48.5 Å². The number of sulfonamides is 1. The summed E-state index contributed by atoms with van der Waals surface area (Å²) < 4.78 is 28.9. The van der Waals surface area contributed by atoms with Crippen LogP contribution in [0.15, 0.2) is 96.0 Å². The molecule has 0 saturated carbocycles. The van der Waals surface area contributed by atoms with E-state index in [-0.39, 0.29) is 22.8 Å². The maximum atomic E-state index is 13.2. The highest BCUT2D eigenvalue weighted by Crippen LogP contribution is 2.25. The molecule has 3 N–H and O–H groups in total. The molecular weight excluding hydrogens is 426 g/mol. The third kappa shape index (κ3) is 4.46. The van der Waals surface area contributed by atoms with E-state index in [0.29, 0.717) is 10.9 Å². The number of aliphatic hydroxyl groups is 1. The fraction of sp³-hybridized carbons (Fsp3) is 0.0833. The number of hydrogen-bond acceptors (Lipinski definition) is 5. The van der Waals surface area contributed by atoms with Crippen LogP contribution in [-0.2, 0) is 10.0 Å². The summed E-state index contributed by atoms with van der Waals surface area (Å²) in [4.78, 5) is 17.2. The fourth-order valence-electron chi connectivity index (χ4n) is 3.42. The summed E-state index contributed by atoms with van der Waals surface area (Å²) in [6.07, 6.45) is 1.53. The van der Waals surface area contributed by atoms with Crippen LogP contribution in [0.4, 0.5) is 5.69 Å². The van der Waals surface area contributed by atoms with Gasteiger partial charge in [0.25, 0.3) is 15.9 Å². The Balaban J connectivity index is 1.64. The Morgan fingerprint density at radius 2 is 1.62 bits per heavy atom. The van der Waals surface area contributed by atoms with Gasteiger partial charge in [-0.1, -0.05) is 60.7 Å². The lowest BCUT2D eigenvalue weighted by Crippen LogP contribution is -2.31. The van der Waals surface area contributed by atoms with Gasteiger partial charge in [-0.25, -0.2) is 8.42 Å². The smallest absolute Gasteiger partial charge is 0.264 e. The number of pyridine rings is 1. The van der Waals surface area contributed by atoms with Crippen molar-refractivity contribution in [2.75, 3.05) is 11.3 Å². The molecule has 162 valence electrons. The molecule has 32 heavy (non-hydrogen) atoms. The highest BCUT2D eigenvalue weighted by Gasteiger charge is 2.22. The van der Waals surface area contributed by atoms with Crippen molar-refractivity contribution in [2.24, 2.45) is 0 Å². The fourth-order valence-corrected chi connectivity index (χ4v) is 4.68. The number of aliphatic hydroxyl groups excluding tert-OH is 1. The molecule has 1 heterocycles. The molecule has 0 spiro atoms. The number of anilines is 1. The molecule has 0 aliphatic heterocycles. The lowest BCUT2D eigenvalue weighted by molar-refractivity contribution is 0.0917. The van der Waals surface area contributed by atoms with Gasteiger partial charge in [-0.2, -0.15) is 0 Å². The first kappa shape index (κ1) is 21.5.